The molecular weight excluding hydrogens is 494 g/mol. The van der Waals surface area contributed by atoms with E-state index in [9.17, 15) is 19.2 Å². The summed E-state index contributed by atoms with van der Waals surface area (Å²) in [5.41, 5.74) is 4.19. The molecule has 0 bridgehead atoms. The molecule has 7 heteroatoms. The average molecular weight is 534 g/mol. The minimum atomic E-state index is -1.35. The zero-order valence-corrected chi connectivity index (χ0v) is 23.7. The molecule has 39 heavy (non-hydrogen) atoms. The second-order valence-electron chi connectivity index (χ2n) is 12.1. The number of hydrogen-bond acceptors (Lipinski definition) is 7. The first-order valence-electron chi connectivity index (χ1n) is 14.1. The molecule has 0 unspecified atom stereocenters. The molecule has 0 heterocycles. The SMILES string of the molecule is CC(=O)OCC(=O)[C@@]1(OC(C)=O)CC[C@H]2[C@@H]3CCC4=CC(=O)CCC4=C3[C@@H](c3ccc(N(C)C)cc3)C[C@@]21C. The van der Waals surface area contributed by atoms with Gasteiger partial charge in [0.05, 0.1) is 0 Å². The maximum absolute atomic E-state index is 13.8. The summed E-state index contributed by atoms with van der Waals surface area (Å²) in [4.78, 5) is 52.3. The van der Waals surface area contributed by atoms with Crippen LogP contribution in [0.3, 0.4) is 0 Å². The molecule has 2 fully saturated rings. The molecule has 0 radical (unpaired) electrons. The van der Waals surface area contributed by atoms with Gasteiger partial charge in [0.15, 0.2) is 18.0 Å². The van der Waals surface area contributed by atoms with Crippen LogP contribution in [0, 0.1) is 17.3 Å². The summed E-state index contributed by atoms with van der Waals surface area (Å²) in [6, 6.07) is 8.58. The highest BCUT2D eigenvalue weighted by atomic mass is 16.6. The number of ether oxygens (including phenoxy) is 2. The van der Waals surface area contributed by atoms with E-state index in [0.29, 0.717) is 19.3 Å². The van der Waals surface area contributed by atoms with Gasteiger partial charge in [-0.05, 0) is 85.3 Å². The standard InChI is InChI=1S/C32H39NO6/c1-19(34)38-18-29(37)32(39-20(2)35)15-14-28-26-12-8-22-16-24(36)11-13-25(22)30(26)27(17-31(28,32)3)21-6-9-23(10-7-21)33(4)5/h6-7,9-10,16,26-28H,8,11-15,17-18H2,1-5H3/t26-,27+,28-,31-,32-/m0/s1. The number of carbonyl (C=O) groups is 4. The van der Waals surface area contributed by atoms with Crippen LogP contribution < -0.4 is 4.90 Å². The number of allylic oxidation sites excluding steroid dienone is 4. The zero-order chi connectivity index (χ0) is 28.1. The van der Waals surface area contributed by atoms with Gasteiger partial charge in [0.25, 0.3) is 0 Å². The van der Waals surface area contributed by atoms with Crippen LogP contribution in [0.25, 0.3) is 0 Å². The molecule has 0 spiro atoms. The summed E-state index contributed by atoms with van der Waals surface area (Å²) in [6.07, 6.45) is 6.68. The number of anilines is 1. The molecule has 1 aromatic rings. The Morgan fingerprint density at radius 1 is 1.00 bits per heavy atom. The van der Waals surface area contributed by atoms with Crippen LogP contribution in [0.1, 0.15) is 77.2 Å². The quantitative estimate of drug-likeness (QED) is 0.471. The molecule has 5 rings (SSSR count). The second kappa shape index (κ2) is 10.1. The van der Waals surface area contributed by atoms with Crippen molar-refractivity contribution in [1.29, 1.82) is 0 Å². The summed E-state index contributed by atoms with van der Waals surface area (Å²) in [6.45, 7) is 4.33. The largest absolute Gasteiger partial charge is 0.458 e. The van der Waals surface area contributed by atoms with E-state index in [0.717, 1.165) is 31.4 Å². The molecule has 4 aliphatic rings. The van der Waals surface area contributed by atoms with Crippen molar-refractivity contribution in [2.24, 2.45) is 17.3 Å². The maximum Gasteiger partial charge on any atom is 0.303 e. The first-order valence-corrected chi connectivity index (χ1v) is 14.1. The van der Waals surface area contributed by atoms with Gasteiger partial charge in [-0.2, -0.15) is 0 Å². The van der Waals surface area contributed by atoms with Gasteiger partial charge in [-0.15, -0.1) is 0 Å². The third-order valence-electron chi connectivity index (χ3n) is 9.84. The van der Waals surface area contributed by atoms with Crippen molar-refractivity contribution >= 4 is 29.2 Å². The van der Waals surface area contributed by atoms with Crippen LogP contribution in [0.4, 0.5) is 5.69 Å². The third kappa shape index (κ3) is 4.53. The van der Waals surface area contributed by atoms with Crippen LogP contribution in [0.2, 0.25) is 0 Å². The Labute approximate surface area is 230 Å². The van der Waals surface area contributed by atoms with E-state index in [2.05, 4.69) is 36.1 Å². The fourth-order valence-electron chi connectivity index (χ4n) is 8.16. The smallest absolute Gasteiger partial charge is 0.303 e. The first-order chi connectivity index (χ1) is 18.5. The van der Waals surface area contributed by atoms with Gasteiger partial charge in [0.1, 0.15) is 0 Å². The number of Topliss-reactive ketones (excluding diaryl/α,β-unsaturated/α-hetero) is 1. The van der Waals surface area contributed by atoms with Gasteiger partial charge in [0.2, 0.25) is 5.78 Å². The average Bonchev–Trinajstić information content (AvgIpc) is 3.18. The fourth-order valence-corrected chi connectivity index (χ4v) is 8.16. The zero-order valence-electron chi connectivity index (χ0n) is 23.7. The summed E-state index contributed by atoms with van der Waals surface area (Å²) in [7, 11) is 4.03. The fraction of sp³-hybridized carbons (Fsp3) is 0.562. The predicted molar refractivity (Wildman–Crippen MR) is 147 cm³/mol. The van der Waals surface area contributed by atoms with Crippen molar-refractivity contribution in [3.05, 3.63) is 52.6 Å². The van der Waals surface area contributed by atoms with Crippen molar-refractivity contribution in [3.8, 4) is 0 Å². The van der Waals surface area contributed by atoms with Crippen molar-refractivity contribution in [2.75, 3.05) is 25.6 Å². The van der Waals surface area contributed by atoms with Gasteiger partial charge < -0.3 is 14.4 Å². The Hall–Kier alpha value is -3.22. The lowest BCUT2D eigenvalue weighted by Gasteiger charge is -2.55. The van der Waals surface area contributed by atoms with E-state index in [-0.39, 0.29) is 29.3 Å². The van der Waals surface area contributed by atoms with Crippen molar-refractivity contribution in [1.82, 2.24) is 0 Å². The van der Waals surface area contributed by atoms with Crippen LogP contribution in [0.15, 0.2) is 47.1 Å². The number of ketones is 2. The van der Waals surface area contributed by atoms with Gasteiger partial charge in [-0.3, -0.25) is 19.2 Å². The second-order valence-corrected chi connectivity index (χ2v) is 12.1. The summed E-state index contributed by atoms with van der Waals surface area (Å²) < 4.78 is 11.2. The number of nitrogens with zero attached hydrogens (tertiary/aromatic N) is 1. The number of benzene rings is 1. The predicted octanol–water partition coefficient (Wildman–Crippen LogP) is 5.09. The summed E-state index contributed by atoms with van der Waals surface area (Å²) in [5.74, 6) is -0.785. The molecule has 4 aliphatic carbocycles. The lowest BCUT2D eigenvalue weighted by molar-refractivity contribution is -0.186. The Balaban J connectivity index is 1.66. The van der Waals surface area contributed by atoms with E-state index in [1.807, 2.05) is 20.2 Å². The molecule has 5 atom stereocenters. The van der Waals surface area contributed by atoms with E-state index in [1.54, 1.807) is 0 Å². The Morgan fingerprint density at radius 2 is 1.72 bits per heavy atom. The Kier molecular flexibility index (Phi) is 7.06. The highest BCUT2D eigenvalue weighted by molar-refractivity contribution is 5.94. The lowest BCUT2D eigenvalue weighted by Crippen LogP contribution is -2.58. The molecule has 0 saturated heterocycles. The lowest BCUT2D eigenvalue weighted by atomic mass is 9.50. The first kappa shape index (κ1) is 27.4. The van der Waals surface area contributed by atoms with Gasteiger partial charge >= 0.3 is 11.9 Å². The van der Waals surface area contributed by atoms with E-state index >= 15 is 0 Å². The van der Waals surface area contributed by atoms with Crippen LogP contribution >= 0.6 is 0 Å². The number of fused-ring (bicyclic) bond motifs is 4. The molecule has 1 aromatic carbocycles. The number of esters is 2. The molecule has 0 aromatic heterocycles. The summed E-state index contributed by atoms with van der Waals surface area (Å²) in [5, 5.41) is 0. The van der Waals surface area contributed by atoms with Crippen molar-refractivity contribution in [2.45, 2.75) is 77.2 Å². The highest BCUT2D eigenvalue weighted by Crippen LogP contribution is 2.67. The molecule has 2 saturated carbocycles. The van der Waals surface area contributed by atoms with E-state index < -0.39 is 29.6 Å². The molecule has 7 nitrogen and oxygen atoms in total. The summed E-state index contributed by atoms with van der Waals surface area (Å²) >= 11 is 0. The van der Waals surface area contributed by atoms with Crippen molar-refractivity contribution < 1.29 is 28.7 Å². The van der Waals surface area contributed by atoms with Crippen molar-refractivity contribution in [3.63, 3.8) is 0 Å². The highest BCUT2D eigenvalue weighted by Gasteiger charge is 2.68. The maximum atomic E-state index is 13.8. The molecule has 0 aliphatic heterocycles. The Morgan fingerprint density at radius 3 is 2.36 bits per heavy atom. The van der Waals surface area contributed by atoms with E-state index in [1.165, 1.54) is 36.1 Å². The molecular formula is C32H39NO6. The van der Waals surface area contributed by atoms with Gasteiger partial charge in [-0.1, -0.05) is 24.6 Å². The van der Waals surface area contributed by atoms with E-state index in [4.69, 9.17) is 9.47 Å². The minimum absolute atomic E-state index is 0.0222. The monoisotopic (exact) mass is 533 g/mol. The molecule has 0 N–H and O–H groups in total. The van der Waals surface area contributed by atoms with Crippen LogP contribution in [0.5, 0.6) is 0 Å². The van der Waals surface area contributed by atoms with Gasteiger partial charge in [-0.25, -0.2) is 0 Å². The molecule has 208 valence electrons. The minimum Gasteiger partial charge on any atom is -0.458 e. The topological polar surface area (TPSA) is 90.0 Å². The number of hydrogen-bond donors (Lipinski definition) is 0. The number of rotatable bonds is 6. The van der Waals surface area contributed by atoms with Crippen LogP contribution in [-0.2, 0) is 28.7 Å². The molecule has 0 amide bonds. The Bertz CT molecular complexity index is 1270. The normalized spacial score (nSPS) is 31.5. The van der Waals surface area contributed by atoms with Gasteiger partial charge in [0, 0.05) is 51.4 Å². The van der Waals surface area contributed by atoms with Crippen LogP contribution in [-0.4, -0.2) is 49.8 Å². The third-order valence-corrected chi connectivity index (χ3v) is 9.84. The number of carbonyl (C=O) groups excluding carboxylic acids is 4.